The summed E-state index contributed by atoms with van der Waals surface area (Å²) in [6.07, 6.45) is 0. The predicted octanol–water partition coefficient (Wildman–Crippen LogP) is 3.57. The molecule has 5 heteroatoms. The van der Waals surface area contributed by atoms with Crippen LogP contribution in [0.2, 0.25) is 0 Å². The predicted molar refractivity (Wildman–Crippen MR) is 101 cm³/mol. The molecule has 2 aromatic carbocycles. The number of benzene rings is 2. The number of hydrogen-bond donors (Lipinski definition) is 1. The van der Waals surface area contributed by atoms with Gasteiger partial charge in [0, 0.05) is 13.1 Å². The zero-order valence-corrected chi connectivity index (χ0v) is 15.3. The number of nitriles is 1. The van der Waals surface area contributed by atoms with Crippen LogP contribution >= 0.6 is 0 Å². The maximum Gasteiger partial charge on any atom is 0.239 e. The third kappa shape index (κ3) is 4.28. The first-order valence-electron chi connectivity index (χ1n) is 8.54. The van der Waals surface area contributed by atoms with Crippen LogP contribution in [0.4, 0.5) is 5.69 Å². The summed E-state index contributed by atoms with van der Waals surface area (Å²) in [4.78, 5) is 27.4. The van der Waals surface area contributed by atoms with Crippen molar-refractivity contribution in [3.05, 3.63) is 65.7 Å². The highest BCUT2D eigenvalue weighted by atomic mass is 16.2. The topological polar surface area (TPSA) is 73.2 Å². The molecule has 0 saturated carbocycles. The first-order chi connectivity index (χ1) is 12.4. The summed E-state index contributed by atoms with van der Waals surface area (Å²) in [5.41, 5.74) is 0.523. The Morgan fingerprint density at radius 2 is 1.69 bits per heavy atom. The van der Waals surface area contributed by atoms with Gasteiger partial charge in [0.05, 0.1) is 11.3 Å². The summed E-state index contributed by atoms with van der Waals surface area (Å²) in [5, 5.41) is 11.9. The van der Waals surface area contributed by atoms with Crippen molar-refractivity contribution < 1.29 is 9.59 Å². The average molecular weight is 349 g/mol. The zero-order chi connectivity index (χ0) is 19.2. The number of para-hydroxylation sites is 1. The molecule has 2 aromatic rings. The van der Waals surface area contributed by atoms with Crippen molar-refractivity contribution >= 4 is 17.5 Å². The molecule has 0 aliphatic carbocycles. The Hall–Kier alpha value is -3.13. The van der Waals surface area contributed by atoms with Crippen LogP contribution in [0.15, 0.2) is 54.6 Å². The standard InChI is InChI=1S/C21H23N3O2/c1-4-24(15-16-10-6-5-7-11-16)20(26)21(2,3)19(25)23-18-13-9-8-12-17(18)14-22/h5-13H,4,15H2,1-3H3,(H,23,25). The lowest BCUT2D eigenvalue weighted by Gasteiger charge is -2.30. The van der Waals surface area contributed by atoms with E-state index in [2.05, 4.69) is 5.32 Å². The van der Waals surface area contributed by atoms with E-state index in [1.807, 2.05) is 43.3 Å². The number of nitrogens with one attached hydrogen (secondary N) is 1. The van der Waals surface area contributed by atoms with E-state index in [0.29, 0.717) is 24.3 Å². The van der Waals surface area contributed by atoms with Crippen LogP contribution in [0.5, 0.6) is 0 Å². The lowest BCUT2D eigenvalue weighted by Crippen LogP contribution is -2.47. The van der Waals surface area contributed by atoms with E-state index in [9.17, 15) is 9.59 Å². The van der Waals surface area contributed by atoms with Crippen LogP contribution < -0.4 is 5.32 Å². The van der Waals surface area contributed by atoms with E-state index in [4.69, 9.17) is 5.26 Å². The molecular weight excluding hydrogens is 326 g/mol. The molecule has 2 rings (SSSR count). The molecule has 0 heterocycles. The fourth-order valence-electron chi connectivity index (χ4n) is 2.59. The maximum atomic E-state index is 13.0. The largest absolute Gasteiger partial charge is 0.338 e. The lowest BCUT2D eigenvalue weighted by molar-refractivity contribution is -0.146. The van der Waals surface area contributed by atoms with Gasteiger partial charge in [0.2, 0.25) is 11.8 Å². The number of carbonyl (C=O) groups excluding carboxylic acids is 2. The maximum absolute atomic E-state index is 13.0. The second kappa shape index (κ2) is 8.30. The molecule has 1 N–H and O–H groups in total. The molecule has 0 atom stereocenters. The first-order valence-corrected chi connectivity index (χ1v) is 8.54. The normalized spacial score (nSPS) is 10.7. The van der Waals surface area contributed by atoms with Gasteiger partial charge in [-0.25, -0.2) is 0 Å². The highest BCUT2D eigenvalue weighted by molar-refractivity contribution is 6.10. The molecule has 26 heavy (non-hydrogen) atoms. The van der Waals surface area contributed by atoms with Gasteiger partial charge in [-0.3, -0.25) is 9.59 Å². The third-order valence-corrected chi connectivity index (χ3v) is 4.28. The minimum atomic E-state index is -1.26. The van der Waals surface area contributed by atoms with Crippen LogP contribution in [0.1, 0.15) is 31.9 Å². The molecule has 5 nitrogen and oxygen atoms in total. The zero-order valence-electron chi connectivity index (χ0n) is 15.3. The number of rotatable bonds is 6. The summed E-state index contributed by atoms with van der Waals surface area (Å²) in [5.74, 6) is -0.687. The quantitative estimate of drug-likeness (QED) is 0.810. The van der Waals surface area contributed by atoms with Crippen LogP contribution in [0.3, 0.4) is 0 Å². The van der Waals surface area contributed by atoms with Crippen LogP contribution in [0.25, 0.3) is 0 Å². The SMILES string of the molecule is CCN(Cc1ccccc1)C(=O)C(C)(C)C(=O)Nc1ccccc1C#N. The highest BCUT2D eigenvalue weighted by Gasteiger charge is 2.39. The molecule has 0 bridgehead atoms. The average Bonchev–Trinajstić information content (AvgIpc) is 2.66. The van der Waals surface area contributed by atoms with E-state index in [0.717, 1.165) is 5.56 Å². The van der Waals surface area contributed by atoms with E-state index in [-0.39, 0.29) is 5.91 Å². The van der Waals surface area contributed by atoms with E-state index in [1.54, 1.807) is 43.0 Å². The van der Waals surface area contributed by atoms with Crippen molar-refractivity contribution in [2.45, 2.75) is 27.3 Å². The van der Waals surface area contributed by atoms with E-state index >= 15 is 0 Å². The Labute approximate surface area is 154 Å². The monoisotopic (exact) mass is 349 g/mol. The van der Waals surface area contributed by atoms with Gasteiger partial charge in [0.1, 0.15) is 11.5 Å². The summed E-state index contributed by atoms with van der Waals surface area (Å²) in [7, 11) is 0. The molecule has 0 aliphatic rings. The molecule has 2 amide bonds. The summed E-state index contributed by atoms with van der Waals surface area (Å²) >= 11 is 0. The van der Waals surface area contributed by atoms with Crippen molar-refractivity contribution in [3.8, 4) is 6.07 Å². The fourth-order valence-corrected chi connectivity index (χ4v) is 2.59. The van der Waals surface area contributed by atoms with Gasteiger partial charge in [-0.15, -0.1) is 0 Å². The van der Waals surface area contributed by atoms with Crippen LogP contribution in [-0.4, -0.2) is 23.3 Å². The molecule has 134 valence electrons. The van der Waals surface area contributed by atoms with Gasteiger partial charge in [-0.2, -0.15) is 5.26 Å². The number of nitrogens with zero attached hydrogens (tertiary/aromatic N) is 2. The third-order valence-electron chi connectivity index (χ3n) is 4.28. The smallest absolute Gasteiger partial charge is 0.239 e. The van der Waals surface area contributed by atoms with Crippen molar-refractivity contribution in [2.75, 3.05) is 11.9 Å². The Morgan fingerprint density at radius 1 is 1.08 bits per heavy atom. The summed E-state index contributed by atoms with van der Waals surface area (Å²) < 4.78 is 0. The minimum absolute atomic E-state index is 0.254. The van der Waals surface area contributed by atoms with Crippen molar-refractivity contribution in [1.29, 1.82) is 5.26 Å². The molecule has 0 aliphatic heterocycles. The van der Waals surface area contributed by atoms with E-state index < -0.39 is 11.3 Å². The molecular formula is C21H23N3O2. The number of amides is 2. The van der Waals surface area contributed by atoms with Gasteiger partial charge in [0.15, 0.2) is 0 Å². The molecule has 0 aromatic heterocycles. The van der Waals surface area contributed by atoms with Gasteiger partial charge < -0.3 is 10.2 Å². The highest BCUT2D eigenvalue weighted by Crippen LogP contribution is 2.24. The van der Waals surface area contributed by atoms with Crippen molar-refractivity contribution in [1.82, 2.24) is 4.90 Å². The molecule has 0 spiro atoms. The van der Waals surface area contributed by atoms with Gasteiger partial charge in [-0.1, -0.05) is 42.5 Å². The second-order valence-corrected chi connectivity index (χ2v) is 6.54. The molecule has 0 fully saturated rings. The summed E-state index contributed by atoms with van der Waals surface area (Å²) in [6, 6.07) is 18.4. The Balaban J connectivity index is 2.17. The van der Waals surface area contributed by atoms with E-state index in [1.165, 1.54) is 0 Å². The fraction of sp³-hybridized carbons (Fsp3) is 0.286. The molecule has 0 saturated heterocycles. The first kappa shape index (κ1) is 19.2. The lowest BCUT2D eigenvalue weighted by atomic mass is 9.89. The Kier molecular flexibility index (Phi) is 6.13. The Bertz CT molecular complexity index is 823. The minimum Gasteiger partial charge on any atom is -0.338 e. The van der Waals surface area contributed by atoms with Gasteiger partial charge in [0.25, 0.3) is 0 Å². The van der Waals surface area contributed by atoms with Gasteiger partial charge in [-0.05, 0) is 38.5 Å². The number of anilines is 1. The Morgan fingerprint density at radius 3 is 2.31 bits per heavy atom. The molecule has 0 unspecified atom stereocenters. The molecule has 0 radical (unpaired) electrons. The van der Waals surface area contributed by atoms with Gasteiger partial charge >= 0.3 is 0 Å². The second-order valence-electron chi connectivity index (χ2n) is 6.54. The van der Waals surface area contributed by atoms with Crippen molar-refractivity contribution in [2.24, 2.45) is 5.41 Å². The number of carbonyl (C=O) groups is 2. The summed E-state index contributed by atoms with van der Waals surface area (Å²) in [6.45, 7) is 6.04. The number of hydrogen-bond acceptors (Lipinski definition) is 3. The van der Waals surface area contributed by atoms with Crippen LogP contribution in [0, 0.1) is 16.7 Å². The van der Waals surface area contributed by atoms with Crippen LogP contribution in [-0.2, 0) is 16.1 Å². The van der Waals surface area contributed by atoms with Crippen molar-refractivity contribution in [3.63, 3.8) is 0 Å².